The summed E-state index contributed by atoms with van der Waals surface area (Å²) < 4.78 is 69.6. The maximum atomic E-state index is 11.6. The molecule has 0 aliphatic carbocycles. The van der Waals surface area contributed by atoms with E-state index in [4.69, 9.17) is 5.11 Å². The van der Waals surface area contributed by atoms with E-state index in [9.17, 15) is 26.3 Å². The Morgan fingerprint density at radius 3 is 1.17 bits per heavy atom. The van der Waals surface area contributed by atoms with Gasteiger partial charge in [-0.25, -0.2) is 0 Å². The molecule has 74 valence electrons. The quantitative estimate of drug-likeness (QED) is 0.610. The SMILES string of the molecule is NC(CO)(C(F)(F)F)C(F)(F)F. The predicted molar refractivity (Wildman–Crippen MR) is 26.1 cm³/mol. The van der Waals surface area contributed by atoms with E-state index in [1.54, 1.807) is 0 Å². The van der Waals surface area contributed by atoms with E-state index in [2.05, 4.69) is 5.73 Å². The summed E-state index contributed by atoms with van der Waals surface area (Å²) in [5.41, 5.74) is -0.576. The van der Waals surface area contributed by atoms with Gasteiger partial charge in [-0.3, -0.25) is 0 Å². The summed E-state index contributed by atoms with van der Waals surface area (Å²) in [4.78, 5) is 0. The molecule has 0 aliphatic heterocycles. The van der Waals surface area contributed by atoms with Gasteiger partial charge in [-0.2, -0.15) is 26.3 Å². The monoisotopic (exact) mass is 197 g/mol. The molecule has 0 heterocycles. The normalized spacial score (nSPS) is 15.0. The van der Waals surface area contributed by atoms with E-state index in [0.717, 1.165) is 0 Å². The maximum Gasteiger partial charge on any atom is 0.417 e. The summed E-state index contributed by atoms with van der Waals surface area (Å²) in [6.45, 7) is -2.22. The van der Waals surface area contributed by atoms with Crippen LogP contribution in [0.4, 0.5) is 26.3 Å². The summed E-state index contributed by atoms with van der Waals surface area (Å²) in [6.07, 6.45) is -11.4. The zero-order valence-electron chi connectivity index (χ0n) is 5.50. The van der Waals surface area contributed by atoms with E-state index in [1.165, 1.54) is 0 Å². The van der Waals surface area contributed by atoms with Crippen molar-refractivity contribution in [3.05, 3.63) is 0 Å². The second kappa shape index (κ2) is 2.77. The van der Waals surface area contributed by atoms with Crippen LogP contribution in [-0.2, 0) is 0 Å². The number of aliphatic hydroxyl groups is 1. The molecular formula is C4H5F6NO. The van der Waals surface area contributed by atoms with Crippen LogP contribution in [0.3, 0.4) is 0 Å². The van der Waals surface area contributed by atoms with E-state index in [-0.39, 0.29) is 0 Å². The number of alkyl halides is 6. The van der Waals surface area contributed by atoms with Gasteiger partial charge in [-0.1, -0.05) is 0 Å². The lowest BCUT2D eigenvalue weighted by atomic mass is 10.0. The van der Waals surface area contributed by atoms with Crippen LogP contribution < -0.4 is 5.73 Å². The van der Waals surface area contributed by atoms with Crippen LogP contribution in [0.2, 0.25) is 0 Å². The summed E-state index contributed by atoms with van der Waals surface area (Å²) >= 11 is 0. The summed E-state index contributed by atoms with van der Waals surface area (Å²) in [5, 5.41) is 7.89. The Kier molecular flexibility index (Phi) is 2.65. The van der Waals surface area contributed by atoms with Gasteiger partial charge in [0.25, 0.3) is 0 Å². The van der Waals surface area contributed by atoms with Crippen LogP contribution in [0.1, 0.15) is 0 Å². The smallest absolute Gasteiger partial charge is 0.394 e. The summed E-state index contributed by atoms with van der Waals surface area (Å²) in [5.74, 6) is 0. The second-order valence-corrected chi connectivity index (χ2v) is 2.12. The second-order valence-electron chi connectivity index (χ2n) is 2.12. The number of hydrogen-bond donors (Lipinski definition) is 2. The molecule has 12 heavy (non-hydrogen) atoms. The summed E-state index contributed by atoms with van der Waals surface area (Å²) in [7, 11) is 0. The van der Waals surface area contributed by atoms with E-state index >= 15 is 0 Å². The van der Waals surface area contributed by atoms with Gasteiger partial charge in [0.05, 0.1) is 6.61 Å². The number of hydrogen-bond acceptors (Lipinski definition) is 2. The van der Waals surface area contributed by atoms with Crippen molar-refractivity contribution in [1.29, 1.82) is 0 Å². The molecule has 0 amide bonds. The molecule has 0 aromatic rings. The highest BCUT2D eigenvalue weighted by Crippen LogP contribution is 2.40. The average Bonchev–Trinajstić information content (AvgIpc) is 1.81. The van der Waals surface area contributed by atoms with Gasteiger partial charge in [0.2, 0.25) is 5.54 Å². The first-order valence-electron chi connectivity index (χ1n) is 2.59. The lowest BCUT2D eigenvalue weighted by molar-refractivity contribution is -0.303. The molecule has 0 bridgehead atoms. The number of aliphatic hydroxyl groups excluding tert-OH is 1. The van der Waals surface area contributed by atoms with Gasteiger partial charge >= 0.3 is 12.4 Å². The number of nitrogens with two attached hydrogens (primary N) is 1. The standard InChI is InChI=1S/C4H5F6NO/c5-3(6,7)2(11,1-12)4(8,9)10/h12H,1,11H2. The van der Waals surface area contributed by atoms with Crippen molar-refractivity contribution in [3.8, 4) is 0 Å². The lowest BCUT2D eigenvalue weighted by Gasteiger charge is -2.31. The molecule has 0 saturated carbocycles. The highest BCUT2D eigenvalue weighted by atomic mass is 19.4. The molecule has 0 fully saturated rings. The van der Waals surface area contributed by atoms with E-state index in [0.29, 0.717) is 0 Å². The fraction of sp³-hybridized carbons (Fsp3) is 1.00. The minimum Gasteiger partial charge on any atom is -0.394 e. The Bertz CT molecular complexity index is 146. The topological polar surface area (TPSA) is 46.2 Å². The van der Waals surface area contributed by atoms with Crippen molar-refractivity contribution in [1.82, 2.24) is 0 Å². The third kappa shape index (κ3) is 1.63. The van der Waals surface area contributed by atoms with Gasteiger partial charge in [0.1, 0.15) is 0 Å². The minimum absolute atomic E-state index is 2.22. The van der Waals surface area contributed by atoms with Gasteiger partial charge in [0.15, 0.2) is 0 Å². The molecule has 0 spiro atoms. The molecule has 3 N–H and O–H groups in total. The zero-order valence-corrected chi connectivity index (χ0v) is 5.50. The first-order valence-corrected chi connectivity index (χ1v) is 2.59. The minimum atomic E-state index is -5.71. The van der Waals surface area contributed by atoms with Gasteiger partial charge in [-0.05, 0) is 0 Å². The average molecular weight is 197 g/mol. The van der Waals surface area contributed by atoms with E-state index < -0.39 is 24.5 Å². The van der Waals surface area contributed by atoms with Crippen molar-refractivity contribution in [2.45, 2.75) is 17.9 Å². The van der Waals surface area contributed by atoms with Gasteiger partial charge in [0, 0.05) is 0 Å². The zero-order chi connectivity index (χ0) is 10.2. The molecule has 2 nitrogen and oxygen atoms in total. The molecule has 0 aromatic carbocycles. The van der Waals surface area contributed by atoms with Crippen molar-refractivity contribution in [2.24, 2.45) is 5.73 Å². The van der Waals surface area contributed by atoms with Crippen LogP contribution >= 0.6 is 0 Å². The lowest BCUT2D eigenvalue weighted by Crippen LogP contribution is -2.66. The summed E-state index contributed by atoms with van der Waals surface area (Å²) in [6, 6.07) is 0. The van der Waals surface area contributed by atoms with Gasteiger partial charge in [-0.15, -0.1) is 0 Å². The van der Waals surface area contributed by atoms with Crippen molar-refractivity contribution >= 4 is 0 Å². The molecule has 0 atom stereocenters. The molecule has 0 aliphatic rings. The van der Waals surface area contributed by atoms with Crippen LogP contribution in [0.5, 0.6) is 0 Å². The molecule has 0 aromatic heterocycles. The fourth-order valence-corrected chi connectivity index (χ4v) is 0.340. The molecular weight excluding hydrogens is 192 g/mol. The molecule has 0 radical (unpaired) electrons. The highest BCUT2D eigenvalue weighted by Gasteiger charge is 2.68. The fourth-order valence-electron chi connectivity index (χ4n) is 0.340. The van der Waals surface area contributed by atoms with Crippen LogP contribution in [0.15, 0.2) is 0 Å². The van der Waals surface area contributed by atoms with Crippen molar-refractivity contribution < 1.29 is 31.4 Å². The van der Waals surface area contributed by atoms with Gasteiger partial charge < -0.3 is 10.8 Å². The Morgan fingerprint density at radius 1 is 0.917 bits per heavy atom. The first kappa shape index (κ1) is 11.5. The molecule has 0 rings (SSSR count). The Balaban J connectivity index is 4.95. The third-order valence-corrected chi connectivity index (χ3v) is 1.26. The molecule has 0 unspecified atom stereocenters. The molecule has 8 heteroatoms. The number of halogens is 6. The third-order valence-electron chi connectivity index (χ3n) is 1.26. The Hall–Kier alpha value is -0.500. The Labute approximate surface area is 63.0 Å². The van der Waals surface area contributed by atoms with Crippen molar-refractivity contribution in [3.63, 3.8) is 0 Å². The largest absolute Gasteiger partial charge is 0.417 e. The maximum absolute atomic E-state index is 11.6. The molecule has 0 saturated heterocycles. The van der Waals surface area contributed by atoms with Crippen LogP contribution in [0, 0.1) is 0 Å². The van der Waals surface area contributed by atoms with Crippen molar-refractivity contribution in [2.75, 3.05) is 6.61 Å². The van der Waals surface area contributed by atoms with E-state index in [1.807, 2.05) is 0 Å². The Morgan fingerprint density at radius 2 is 1.17 bits per heavy atom. The van der Waals surface area contributed by atoms with Crippen LogP contribution in [-0.4, -0.2) is 29.6 Å². The number of rotatable bonds is 1. The predicted octanol–water partition coefficient (Wildman–Crippen LogP) is 0.801. The highest BCUT2D eigenvalue weighted by molar-refractivity contribution is 4.98. The first-order chi connectivity index (χ1) is 5.06. The van der Waals surface area contributed by atoms with Crippen LogP contribution in [0.25, 0.3) is 0 Å².